The third kappa shape index (κ3) is 5.29. The lowest BCUT2D eigenvalue weighted by molar-refractivity contribution is -0.149. The average molecular weight is 624 g/mol. The van der Waals surface area contributed by atoms with E-state index in [1.54, 1.807) is 30.3 Å². The van der Waals surface area contributed by atoms with Crippen LogP contribution in [0.4, 0.5) is 5.69 Å². The Morgan fingerprint density at radius 2 is 1.85 bits per heavy atom. The van der Waals surface area contributed by atoms with Gasteiger partial charge in [-0.3, -0.25) is 28.9 Å². The van der Waals surface area contributed by atoms with Crippen LogP contribution in [-0.2, 0) is 19.2 Å². The van der Waals surface area contributed by atoms with Crippen LogP contribution in [0, 0.1) is 5.92 Å². The second-order valence-electron chi connectivity index (χ2n) is 8.78. The van der Waals surface area contributed by atoms with Crippen molar-refractivity contribution in [1.82, 2.24) is 9.88 Å². The first-order chi connectivity index (χ1) is 19.1. The molecule has 2 aliphatic heterocycles. The highest BCUT2D eigenvalue weighted by Gasteiger charge is 2.56. The Morgan fingerprint density at radius 3 is 2.55 bits per heavy atom. The van der Waals surface area contributed by atoms with Gasteiger partial charge in [-0.2, -0.15) is 0 Å². The van der Waals surface area contributed by atoms with Gasteiger partial charge in [-0.1, -0.05) is 52.4 Å². The number of nitrogens with one attached hydrogen (secondary N) is 2. The van der Waals surface area contributed by atoms with Crippen molar-refractivity contribution >= 4 is 75.7 Å². The predicted octanol–water partition coefficient (Wildman–Crippen LogP) is 3.45. The number of benzene rings is 2. The van der Waals surface area contributed by atoms with Gasteiger partial charge in [0.25, 0.3) is 5.91 Å². The fraction of sp³-hybridized carbons (Fsp3) is 0.240. The lowest BCUT2D eigenvalue weighted by atomic mass is 9.83. The van der Waals surface area contributed by atoms with Gasteiger partial charge < -0.3 is 24.9 Å². The topological polar surface area (TPSA) is 155 Å². The predicted molar refractivity (Wildman–Crippen MR) is 148 cm³/mol. The molecule has 208 valence electrons. The van der Waals surface area contributed by atoms with E-state index in [4.69, 9.17) is 32.7 Å². The Labute approximate surface area is 244 Å². The first-order valence-corrected chi connectivity index (χ1v) is 14.0. The van der Waals surface area contributed by atoms with Crippen LogP contribution in [0.5, 0.6) is 11.5 Å². The van der Waals surface area contributed by atoms with Gasteiger partial charge in [0, 0.05) is 16.5 Å². The van der Waals surface area contributed by atoms with Crippen molar-refractivity contribution in [1.29, 1.82) is 0 Å². The number of halogens is 2. The van der Waals surface area contributed by atoms with E-state index in [1.807, 2.05) is 0 Å². The number of carboxylic acid groups (broad SMARTS) is 1. The summed E-state index contributed by atoms with van der Waals surface area (Å²) in [6, 6.07) is 9.46. The van der Waals surface area contributed by atoms with Gasteiger partial charge in [0.2, 0.25) is 11.8 Å². The van der Waals surface area contributed by atoms with Crippen LogP contribution in [-0.4, -0.2) is 64.2 Å². The number of H-pyrrole nitrogens is 1. The molecule has 40 heavy (non-hydrogen) atoms. The van der Waals surface area contributed by atoms with Gasteiger partial charge in [0.1, 0.15) is 11.8 Å². The first kappa shape index (κ1) is 28.0. The quantitative estimate of drug-likeness (QED) is 0.320. The fourth-order valence-corrected chi connectivity index (χ4v) is 7.47. The minimum Gasteiger partial charge on any atom is -0.493 e. The smallest absolute Gasteiger partial charge is 0.323 e. The van der Waals surface area contributed by atoms with Crippen molar-refractivity contribution in [3.63, 3.8) is 0 Å². The zero-order chi connectivity index (χ0) is 28.7. The second-order valence-corrected chi connectivity index (χ2v) is 11.8. The summed E-state index contributed by atoms with van der Waals surface area (Å²) in [5.74, 6) is -4.18. The second kappa shape index (κ2) is 11.2. The number of methoxy groups -OCH3 is 1. The molecule has 0 radical (unpaired) electrons. The summed E-state index contributed by atoms with van der Waals surface area (Å²) in [6.45, 7) is -1.11. The van der Waals surface area contributed by atoms with Gasteiger partial charge >= 0.3 is 10.8 Å². The third-order valence-corrected chi connectivity index (χ3v) is 9.46. The van der Waals surface area contributed by atoms with Gasteiger partial charge in [0.05, 0.1) is 28.1 Å². The van der Waals surface area contributed by atoms with E-state index >= 15 is 0 Å². The highest BCUT2D eigenvalue weighted by molar-refractivity contribution is 8.00. The molecular weight excluding hydrogens is 605 g/mol. The molecule has 3 N–H and O–H groups in total. The van der Waals surface area contributed by atoms with Crippen LogP contribution in [0.15, 0.2) is 46.2 Å². The fourth-order valence-electron chi connectivity index (χ4n) is 4.64. The Kier molecular flexibility index (Phi) is 7.82. The number of thioether (sulfide) groups is 1. The molecule has 2 aliphatic rings. The normalized spacial score (nSPS) is 19.7. The molecule has 2 aromatic carbocycles. The molecule has 3 atom stereocenters. The summed E-state index contributed by atoms with van der Waals surface area (Å²) < 4.78 is 11.2. The van der Waals surface area contributed by atoms with Crippen LogP contribution in [0.3, 0.4) is 0 Å². The zero-order valence-corrected chi connectivity index (χ0v) is 23.6. The number of ether oxygens (including phenoxy) is 2. The third-order valence-electron chi connectivity index (χ3n) is 6.32. The van der Waals surface area contributed by atoms with Crippen molar-refractivity contribution in [2.75, 3.05) is 25.6 Å². The zero-order valence-electron chi connectivity index (χ0n) is 20.4. The number of aromatic amines is 1. The molecule has 0 spiro atoms. The SMILES string of the molecule is COc1cc([C@H]2c3sc(=O)[nH]c3SC3C(=O)N(CC(=O)O)C(=O)C32)ccc1OCC(=O)Nc1ccc(Cl)c(Cl)c1. The summed E-state index contributed by atoms with van der Waals surface area (Å²) in [5.41, 5.74) is 0.985. The van der Waals surface area contributed by atoms with Crippen molar-refractivity contribution in [3.8, 4) is 11.5 Å². The number of thiazole rings is 1. The van der Waals surface area contributed by atoms with Gasteiger partial charge in [-0.05, 0) is 35.9 Å². The highest BCUT2D eigenvalue weighted by atomic mass is 35.5. The van der Waals surface area contributed by atoms with E-state index in [0.29, 0.717) is 26.2 Å². The van der Waals surface area contributed by atoms with E-state index in [0.717, 1.165) is 28.0 Å². The summed E-state index contributed by atoms with van der Waals surface area (Å²) in [6.07, 6.45) is 0. The number of carboxylic acids is 1. The minimum atomic E-state index is -1.31. The molecular formula is C25H19Cl2N3O8S2. The summed E-state index contributed by atoms with van der Waals surface area (Å²) >= 11 is 13.9. The number of rotatable bonds is 8. The number of amides is 3. The molecule has 5 rings (SSSR count). The molecule has 15 heteroatoms. The number of carbonyl (C=O) groups is 4. The summed E-state index contributed by atoms with van der Waals surface area (Å²) in [4.78, 5) is 65.9. The largest absolute Gasteiger partial charge is 0.493 e. The van der Waals surface area contributed by atoms with Gasteiger partial charge in [-0.25, -0.2) is 0 Å². The molecule has 3 amide bonds. The number of aliphatic carboxylic acids is 1. The Balaban J connectivity index is 1.41. The van der Waals surface area contributed by atoms with Crippen molar-refractivity contribution < 1.29 is 33.8 Å². The van der Waals surface area contributed by atoms with Crippen LogP contribution >= 0.6 is 46.3 Å². The van der Waals surface area contributed by atoms with Gasteiger partial charge in [-0.15, -0.1) is 0 Å². The molecule has 3 aromatic rings. The standard InChI is InChI=1S/C25H19Cl2N3O8S2/c1-37-15-6-10(2-5-14(15)38-9-16(31)28-11-3-4-12(26)13(27)7-11)18-19-21(39-22-20(18)40-25(36)29-22)24(35)30(23(19)34)8-17(32)33/h2-7,18-19,21H,8-9H2,1H3,(H,28,31)(H,29,36)(H,32,33)/t18-,19?,21?/m1/s1. The lowest BCUT2D eigenvalue weighted by Gasteiger charge is -2.30. The Morgan fingerprint density at radius 1 is 1.07 bits per heavy atom. The minimum absolute atomic E-state index is 0.237. The molecule has 0 saturated carbocycles. The van der Waals surface area contributed by atoms with Crippen molar-refractivity contribution in [2.45, 2.75) is 16.2 Å². The summed E-state index contributed by atoms with van der Waals surface area (Å²) in [7, 11) is 1.40. The molecule has 0 bridgehead atoms. The molecule has 3 heterocycles. The van der Waals surface area contributed by atoms with E-state index in [9.17, 15) is 29.1 Å². The number of fused-ring (bicyclic) bond motifs is 2. The molecule has 1 saturated heterocycles. The van der Waals surface area contributed by atoms with Crippen LogP contribution in [0.1, 0.15) is 16.4 Å². The maximum absolute atomic E-state index is 13.3. The average Bonchev–Trinajstić information content (AvgIpc) is 3.39. The van der Waals surface area contributed by atoms with E-state index in [2.05, 4.69) is 10.3 Å². The number of anilines is 1. The molecule has 0 aliphatic carbocycles. The first-order valence-electron chi connectivity index (χ1n) is 11.6. The molecule has 1 aromatic heterocycles. The van der Waals surface area contributed by atoms with Crippen LogP contribution in [0.25, 0.3) is 0 Å². The van der Waals surface area contributed by atoms with E-state index in [-0.39, 0.29) is 28.0 Å². The van der Waals surface area contributed by atoms with Crippen molar-refractivity contribution in [2.24, 2.45) is 5.92 Å². The monoisotopic (exact) mass is 623 g/mol. The van der Waals surface area contributed by atoms with Crippen LogP contribution < -0.4 is 19.7 Å². The number of hydrogen-bond acceptors (Lipinski definition) is 9. The maximum atomic E-state index is 13.3. The Hall–Kier alpha value is -3.52. The number of hydrogen-bond donors (Lipinski definition) is 3. The number of aromatic nitrogens is 1. The molecule has 2 unspecified atom stereocenters. The molecule has 1 fully saturated rings. The van der Waals surface area contributed by atoms with Gasteiger partial charge in [0.15, 0.2) is 18.1 Å². The molecule has 11 nitrogen and oxygen atoms in total. The number of imide groups is 1. The van der Waals surface area contributed by atoms with Crippen LogP contribution in [0.2, 0.25) is 10.0 Å². The van der Waals surface area contributed by atoms with Crippen molar-refractivity contribution in [3.05, 3.63) is 66.6 Å². The number of nitrogens with zero attached hydrogens (tertiary/aromatic N) is 1. The number of likely N-dealkylation sites (tertiary alicyclic amines) is 1. The Bertz CT molecular complexity index is 1610. The highest BCUT2D eigenvalue weighted by Crippen LogP contribution is 2.53. The van der Waals surface area contributed by atoms with E-state index < -0.39 is 47.3 Å². The number of carbonyl (C=O) groups excluding carboxylic acids is 3. The maximum Gasteiger partial charge on any atom is 0.323 e. The summed E-state index contributed by atoms with van der Waals surface area (Å²) in [5, 5.41) is 12.1. The van der Waals surface area contributed by atoms with E-state index in [1.165, 1.54) is 13.2 Å². The lowest BCUT2D eigenvalue weighted by Crippen LogP contribution is -2.36.